The molecule has 5 aromatic rings. The zero-order chi connectivity index (χ0) is 23.6. The number of fused-ring (bicyclic) bond motifs is 1. The fourth-order valence-corrected chi connectivity index (χ4v) is 4.60. The molecule has 1 fully saturated rings. The van der Waals surface area contributed by atoms with Gasteiger partial charge in [0.05, 0.1) is 16.8 Å². The third kappa shape index (κ3) is 4.30. The number of nitrogens with zero attached hydrogens (tertiary/aromatic N) is 5. The highest BCUT2D eigenvalue weighted by Crippen LogP contribution is 2.36. The second-order valence-corrected chi connectivity index (χ2v) is 8.68. The van der Waals surface area contributed by atoms with Gasteiger partial charge in [-0.15, -0.1) is 0 Å². The SMILES string of the molecule is Fc1ccc(-c2nn3c(NC4CCCC4)nccc3c2-c2ccnc(Nc3ccccc3)n2)cc1. The monoisotopic (exact) mass is 465 g/mol. The predicted molar refractivity (Wildman–Crippen MR) is 135 cm³/mol. The van der Waals surface area contributed by atoms with E-state index in [-0.39, 0.29) is 5.82 Å². The lowest BCUT2D eigenvalue weighted by Gasteiger charge is -2.13. The molecular formula is C27H24FN7. The van der Waals surface area contributed by atoms with Crippen LogP contribution in [0.15, 0.2) is 79.1 Å². The number of hydrogen-bond acceptors (Lipinski definition) is 6. The topological polar surface area (TPSA) is 80.0 Å². The number of para-hydroxylation sites is 1. The van der Waals surface area contributed by atoms with E-state index in [1.54, 1.807) is 24.5 Å². The molecule has 1 aliphatic rings. The highest BCUT2D eigenvalue weighted by Gasteiger charge is 2.22. The van der Waals surface area contributed by atoms with Gasteiger partial charge < -0.3 is 10.6 Å². The van der Waals surface area contributed by atoms with Crippen molar-refractivity contribution in [2.24, 2.45) is 0 Å². The lowest BCUT2D eigenvalue weighted by atomic mass is 10.0. The minimum absolute atomic E-state index is 0.291. The molecule has 0 spiro atoms. The van der Waals surface area contributed by atoms with Crippen LogP contribution >= 0.6 is 0 Å². The first-order chi connectivity index (χ1) is 17.2. The first kappa shape index (κ1) is 21.2. The lowest BCUT2D eigenvalue weighted by molar-refractivity contribution is 0.628. The van der Waals surface area contributed by atoms with Crippen molar-refractivity contribution in [3.8, 4) is 22.5 Å². The van der Waals surface area contributed by atoms with Gasteiger partial charge in [0, 0.05) is 29.7 Å². The Kier molecular flexibility index (Phi) is 5.54. The van der Waals surface area contributed by atoms with Crippen LogP contribution in [-0.2, 0) is 0 Å². The summed E-state index contributed by atoms with van der Waals surface area (Å²) in [6.07, 6.45) is 8.20. The van der Waals surface area contributed by atoms with Gasteiger partial charge in [-0.3, -0.25) is 0 Å². The molecule has 0 aliphatic heterocycles. The second-order valence-electron chi connectivity index (χ2n) is 8.68. The molecule has 0 saturated heterocycles. The summed E-state index contributed by atoms with van der Waals surface area (Å²) in [6.45, 7) is 0. The Morgan fingerprint density at radius 2 is 1.63 bits per heavy atom. The average Bonchev–Trinajstić information content (AvgIpc) is 3.54. The molecule has 8 heteroatoms. The van der Waals surface area contributed by atoms with Crippen molar-refractivity contribution in [2.75, 3.05) is 10.6 Å². The fraction of sp³-hybridized carbons (Fsp3) is 0.185. The first-order valence-corrected chi connectivity index (χ1v) is 11.8. The molecule has 2 aromatic carbocycles. The highest BCUT2D eigenvalue weighted by molar-refractivity contribution is 5.91. The summed E-state index contributed by atoms with van der Waals surface area (Å²) in [7, 11) is 0. The Balaban J connectivity index is 1.49. The summed E-state index contributed by atoms with van der Waals surface area (Å²) in [6, 6.07) is 20.3. The fourth-order valence-electron chi connectivity index (χ4n) is 4.60. The lowest BCUT2D eigenvalue weighted by Crippen LogP contribution is -2.18. The number of anilines is 3. The minimum Gasteiger partial charge on any atom is -0.351 e. The van der Waals surface area contributed by atoms with Crippen LogP contribution in [0.2, 0.25) is 0 Å². The number of nitrogens with one attached hydrogen (secondary N) is 2. The molecule has 0 radical (unpaired) electrons. The van der Waals surface area contributed by atoms with Crippen molar-refractivity contribution in [1.29, 1.82) is 0 Å². The maximum absolute atomic E-state index is 13.7. The molecular weight excluding hydrogens is 441 g/mol. The summed E-state index contributed by atoms with van der Waals surface area (Å²) in [5.41, 5.74) is 4.82. The molecule has 35 heavy (non-hydrogen) atoms. The largest absolute Gasteiger partial charge is 0.351 e. The first-order valence-electron chi connectivity index (χ1n) is 11.8. The Hall–Kier alpha value is -4.33. The van der Waals surface area contributed by atoms with E-state index in [0.29, 0.717) is 29.3 Å². The van der Waals surface area contributed by atoms with Crippen LogP contribution < -0.4 is 10.6 Å². The molecule has 6 rings (SSSR count). The van der Waals surface area contributed by atoms with Crippen LogP contribution in [0.25, 0.3) is 28.0 Å². The average molecular weight is 466 g/mol. The van der Waals surface area contributed by atoms with Gasteiger partial charge in [0.2, 0.25) is 11.9 Å². The Labute approximate surface area is 202 Å². The van der Waals surface area contributed by atoms with E-state index >= 15 is 0 Å². The van der Waals surface area contributed by atoms with Crippen LogP contribution in [0.1, 0.15) is 25.7 Å². The molecule has 0 atom stereocenters. The molecule has 0 amide bonds. The Morgan fingerprint density at radius 3 is 2.43 bits per heavy atom. The third-order valence-electron chi connectivity index (χ3n) is 6.30. The number of aromatic nitrogens is 5. The molecule has 174 valence electrons. The zero-order valence-corrected chi connectivity index (χ0v) is 19.0. The van der Waals surface area contributed by atoms with Crippen molar-refractivity contribution in [3.63, 3.8) is 0 Å². The molecule has 1 aliphatic carbocycles. The predicted octanol–water partition coefficient (Wildman–Crippen LogP) is 6.09. The van der Waals surface area contributed by atoms with Crippen LogP contribution in [0.3, 0.4) is 0 Å². The van der Waals surface area contributed by atoms with Crippen molar-refractivity contribution < 1.29 is 4.39 Å². The smallest absolute Gasteiger partial charge is 0.227 e. The standard InChI is InChI=1S/C27H24FN7/c28-19-12-10-18(11-13-19)25-24(22-14-16-29-26(33-22)31-20-6-2-1-3-7-20)23-15-17-30-27(35(23)34-25)32-21-8-4-5-9-21/h1-3,6-7,10-17,21H,4-5,8-9H2,(H,30,32)(H,29,31,33). The van der Waals surface area contributed by atoms with Gasteiger partial charge >= 0.3 is 0 Å². The normalized spacial score (nSPS) is 13.9. The van der Waals surface area contributed by atoms with E-state index < -0.39 is 0 Å². The van der Waals surface area contributed by atoms with Gasteiger partial charge in [0.15, 0.2) is 0 Å². The van der Waals surface area contributed by atoms with Crippen molar-refractivity contribution in [3.05, 3.63) is 84.9 Å². The van der Waals surface area contributed by atoms with Crippen LogP contribution in [0.5, 0.6) is 0 Å². The highest BCUT2D eigenvalue weighted by atomic mass is 19.1. The zero-order valence-electron chi connectivity index (χ0n) is 19.0. The number of rotatable bonds is 6. The van der Waals surface area contributed by atoms with E-state index in [9.17, 15) is 4.39 Å². The quantitative estimate of drug-likeness (QED) is 0.316. The number of benzene rings is 2. The maximum atomic E-state index is 13.7. The number of halogens is 1. The molecule has 3 aromatic heterocycles. The Morgan fingerprint density at radius 1 is 0.857 bits per heavy atom. The summed E-state index contributed by atoms with van der Waals surface area (Å²) < 4.78 is 15.5. The van der Waals surface area contributed by atoms with E-state index in [1.165, 1.54) is 25.0 Å². The van der Waals surface area contributed by atoms with Crippen LogP contribution in [-0.4, -0.2) is 30.6 Å². The summed E-state index contributed by atoms with van der Waals surface area (Å²) in [4.78, 5) is 13.8. The molecule has 3 heterocycles. The van der Waals surface area contributed by atoms with Gasteiger partial charge in [0.25, 0.3) is 0 Å². The van der Waals surface area contributed by atoms with Crippen molar-refractivity contribution in [1.82, 2.24) is 24.6 Å². The van der Waals surface area contributed by atoms with Crippen molar-refractivity contribution in [2.45, 2.75) is 31.7 Å². The summed E-state index contributed by atoms with van der Waals surface area (Å²) >= 11 is 0. The van der Waals surface area contributed by atoms with Gasteiger partial charge in [0.1, 0.15) is 11.5 Å². The molecule has 7 nitrogen and oxygen atoms in total. The van der Waals surface area contributed by atoms with Gasteiger partial charge in [-0.1, -0.05) is 31.0 Å². The Bertz CT molecular complexity index is 1460. The van der Waals surface area contributed by atoms with Crippen LogP contribution in [0, 0.1) is 5.82 Å². The van der Waals surface area contributed by atoms with E-state index in [0.717, 1.165) is 35.2 Å². The maximum Gasteiger partial charge on any atom is 0.227 e. The van der Waals surface area contributed by atoms with Gasteiger partial charge in [-0.2, -0.15) is 9.61 Å². The second kappa shape index (κ2) is 9.13. The van der Waals surface area contributed by atoms with Crippen LogP contribution in [0.4, 0.5) is 22.0 Å². The van der Waals surface area contributed by atoms with E-state index in [2.05, 4.69) is 20.6 Å². The summed E-state index contributed by atoms with van der Waals surface area (Å²) in [5.74, 6) is 0.887. The third-order valence-corrected chi connectivity index (χ3v) is 6.30. The van der Waals surface area contributed by atoms with Gasteiger partial charge in [-0.25, -0.2) is 19.3 Å². The molecule has 0 bridgehead atoms. The summed E-state index contributed by atoms with van der Waals surface area (Å²) in [5, 5.41) is 11.8. The van der Waals surface area contributed by atoms with Gasteiger partial charge in [-0.05, 0) is 61.4 Å². The number of hydrogen-bond donors (Lipinski definition) is 2. The molecule has 0 unspecified atom stereocenters. The van der Waals surface area contributed by atoms with E-state index in [1.807, 2.05) is 47.0 Å². The van der Waals surface area contributed by atoms with Crippen molar-refractivity contribution >= 4 is 23.1 Å². The minimum atomic E-state index is -0.291. The van der Waals surface area contributed by atoms with E-state index in [4.69, 9.17) is 10.1 Å². The molecule has 2 N–H and O–H groups in total. The molecule has 1 saturated carbocycles.